The van der Waals surface area contributed by atoms with Gasteiger partial charge in [0.05, 0.1) is 33.5 Å². The topological polar surface area (TPSA) is 35.6 Å². The number of hydrogen-bond acceptors (Lipinski definition) is 2. The summed E-state index contributed by atoms with van der Waals surface area (Å²) in [6, 6.07) is 82.0. The third-order valence-corrected chi connectivity index (χ3v) is 12.2. The van der Waals surface area contributed by atoms with Crippen molar-refractivity contribution in [3.63, 3.8) is 0 Å². The zero-order valence-electron chi connectivity index (χ0n) is 33.7. The Morgan fingerprint density at radius 3 is 1.53 bits per heavy atom. The number of benzene rings is 9. The quantitative estimate of drug-likeness (QED) is 0.161. The van der Waals surface area contributed by atoms with Crippen molar-refractivity contribution < 1.29 is 0 Å². The Morgan fingerprint density at radius 1 is 0.290 bits per heavy atom. The molecule has 0 saturated carbocycles. The molecule has 0 amide bonds. The lowest BCUT2D eigenvalue weighted by Gasteiger charge is -2.14. The maximum atomic E-state index is 5.27. The van der Waals surface area contributed by atoms with Crippen molar-refractivity contribution in [2.45, 2.75) is 0 Å². The van der Waals surface area contributed by atoms with E-state index >= 15 is 0 Å². The van der Waals surface area contributed by atoms with Crippen LogP contribution in [0.15, 0.2) is 231 Å². The van der Waals surface area contributed by atoms with Gasteiger partial charge in [-0.15, -0.1) is 0 Å². The highest BCUT2D eigenvalue weighted by molar-refractivity contribution is 6.26. The molecule has 0 aliphatic carbocycles. The second-order valence-corrected chi connectivity index (χ2v) is 15.8. The van der Waals surface area contributed by atoms with Gasteiger partial charge < -0.3 is 9.13 Å². The summed E-state index contributed by atoms with van der Waals surface area (Å²) in [7, 11) is 0. The van der Waals surface area contributed by atoms with Crippen LogP contribution in [-0.2, 0) is 0 Å². The molecule has 12 aromatic rings. The van der Waals surface area contributed by atoms with Crippen molar-refractivity contribution in [1.82, 2.24) is 19.1 Å². The van der Waals surface area contributed by atoms with Crippen LogP contribution in [0.4, 0.5) is 0 Å². The molecular weight excluding hydrogens is 753 g/mol. The Kier molecular flexibility index (Phi) is 8.46. The Bertz CT molecular complexity index is 3590. The number of rotatable bonds is 7. The fourth-order valence-corrected chi connectivity index (χ4v) is 9.29. The highest BCUT2D eigenvalue weighted by Gasteiger charge is 2.21. The van der Waals surface area contributed by atoms with Crippen LogP contribution in [0, 0.1) is 0 Å². The standard InChI is InChI=1S/C58H38N4/c1-4-16-39(17-5-1)40-28-30-43(31-29-40)58-59-51(42-18-6-2-7-19-42)38-52(60-58)47-23-11-10-22-46(47)41-32-34-45(35-33-41)61-54-27-15-13-25-50(54)56-55(61)37-36-49-48-24-12-14-26-53(48)62(57(49)56)44-20-8-3-9-21-44/h1-38H. The molecule has 0 fully saturated rings. The number of hydrogen-bond donors (Lipinski definition) is 0. The van der Waals surface area contributed by atoms with E-state index in [4.69, 9.17) is 9.97 Å². The Hall–Kier alpha value is -8.34. The summed E-state index contributed by atoms with van der Waals surface area (Å²) in [6.45, 7) is 0. The van der Waals surface area contributed by atoms with Gasteiger partial charge in [0.15, 0.2) is 5.82 Å². The SMILES string of the molecule is c1ccc(-c2ccc(-c3nc(-c4ccccc4)cc(-c4ccccc4-c4ccc(-n5c6ccccc6c6c5ccc5c7ccccc7n(-c7ccccc7)c56)cc4)n3)cc2)cc1. The predicted molar refractivity (Wildman–Crippen MR) is 258 cm³/mol. The fourth-order valence-electron chi connectivity index (χ4n) is 9.29. The lowest BCUT2D eigenvalue weighted by atomic mass is 9.96. The summed E-state index contributed by atoms with van der Waals surface area (Å²) in [5.41, 5.74) is 16.4. The highest BCUT2D eigenvalue weighted by Crippen LogP contribution is 2.42. The number of aromatic nitrogens is 4. The van der Waals surface area contributed by atoms with E-state index in [1.807, 2.05) is 12.1 Å². The fraction of sp³-hybridized carbons (Fsp3) is 0. The highest BCUT2D eigenvalue weighted by atomic mass is 15.0. The smallest absolute Gasteiger partial charge is 0.160 e. The van der Waals surface area contributed by atoms with Gasteiger partial charge in [0, 0.05) is 49.6 Å². The van der Waals surface area contributed by atoms with Crippen molar-refractivity contribution in [3.05, 3.63) is 231 Å². The van der Waals surface area contributed by atoms with Crippen molar-refractivity contribution in [2.24, 2.45) is 0 Å². The van der Waals surface area contributed by atoms with Gasteiger partial charge in [-0.3, -0.25) is 0 Å². The van der Waals surface area contributed by atoms with Crippen molar-refractivity contribution >= 4 is 43.6 Å². The maximum Gasteiger partial charge on any atom is 0.160 e. The lowest BCUT2D eigenvalue weighted by molar-refractivity contribution is 1.17. The molecule has 0 radical (unpaired) electrons. The summed E-state index contributed by atoms with van der Waals surface area (Å²) in [6.07, 6.45) is 0. The van der Waals surface area contributed by atoms with Gasteiger partial charge in [0.25, 0.3) is 0 Å². The summed E-state index contributed by atoms with van der Waals surface area (Å²) < 4.78 is 4.85. The number of nitrogens with zero attached hydrogens (tertiary/aromatic N) is 4. The van der Waals surface area contributed by atoms with Crippen LogP contribution >= 0.6 is 0 Å². The predicted octanol–water partition coefficient (Wildman–Crippen LogP) is 15.0. The molecule has 0 N–H and O–H groups in total. The summed E-state index contributed by atoms with van der Waals surface area (Å²) in [4.78, 5) is 10.4. The molecule has 0 atom stereocenters. The first-order valence-corrected chi connectivity index (χ1v) is 21.1. The van der Waals surface area contributed by atoms with Crippen LogP contribution in [0.5, 0.6) is 0 Å². The Labute approximate surface area is 359 Å². The molecule has 12 rings (SSSR count). The van der Waals surface area contributed by atoms with Crippen LogP contribution in [0.2, 0.25) is 0 Å². The first-order valence-electron chi connectivity index (χ1n) is 21.1. The first-order chi connectivity index (χ1) is 30.8. The summed E-state index contributed by atoms with van der Waals surface area (Å²) in [5.74, 6) is 0.692. The molecular formula is C58H38N4. The van der Waals surface area contributed by atoms with Crippen molar-refractivity contribution in [3.8, 4) is 67.5 Å². The monoisotopic (exact) mass is 790 g/mol. The van der Waals surface area contributed by atoms with Gasteiger partial charge in [-0.05, 0) is 70.8 Å². The van der Waals surface area contributed by atoms with E-state index < -0.39 is 0 Å². The average Bonchev–Trinajstić information content (AvgIpc) is 3.88. The van der Waals surface area contributed by atoms with E-state index in [9.17, 15) is 0 Å². The van der Waals surface area contributed by atoms with E-state index in [2.05, 4.69) is 228 Å². The summed E-state index contributed by atoms with van der Waals surface area (Å²) in [5, 5.41) is 4.97. The summed E-state index contributed by atoms with van der Waals surface area (Å²) >= 11 is 0. The largest absolute Gasteiger partial charge is 0.309 e. The van der Waals surface area contributed by atoms with Crippen LogP contribution in [-0.4, -0.2) is 19.1 Å². The van der Waals surface area contributed by atoms with Crippen molar-refractivity contribution in [1.29, 1.82) is 0 Å². The average molecular weight is 791 g/mol. The Balaban J connectivity index is 0.987. The molecule has 0 aliphatic rings. The van der Waals surface area contributed by atoms with Gasteiger partial charge >= 0.3 is 0 Å². The van der Waals surface area contributed by atoms with Crippen LogP contribution < -0.4 is 0 Å². The second-order valence-electron chi connectivity index (χ2n) is 15.8. The van der Waals surface area contributed by atoms with Crippen LogP contribution in [0.1, 0.15) is 0 Å². The van der Waals surface area contributed by atoms with E-state index in [0.29, 0.717) is 5.82 Å². The normalized spacial score (nSPS) is 11.5. The van der Waals surface area contributed by atoms with Gasteiger partial charge in [-0.25, -0.2) is 9.97 Å². The molecule has 4 heteroatoms. The molecule has 3 aromatic heterocycles. The zero-order chi connectivity index (χ0) is 41.0. The van der Waals surface area contributed by atoms with E-state index in [-0.39, 0.29) is 0 Å². The molecule has 0 spiro atoms. The van der Waals surface area contributed by atoms with Crippen LogP contribution in [0.3, 0.4) is 0 Å². The molecule has 0 aliphatic heterocycles. The number of fused-ring (bicyclic) bond motifs is 7. The Morgan fingerprint density at radius 2 is 0.806 bits per heavy atom. The molecule has 3 heterocycles. The van der Waals surface area contributed by atoms with Crippen LogP contribution in [0.25, 0.3) is 111 Å². The molecule has 4 nitrogen and oxygen atoms in total. The van der Waals surface area contributed by atoms with Gasteiger partial charge in [0.1, 0.15) is 0 Å². The van der Waals surface area contributed by atoms with Gasteiger partial charge in [0.2, 0.25) is 0 Å². The third-order valence-electron chi connectivity index (χ3n) is 12.2. The zero-order valence-corrected chi connectivity index (χ0v) is 33.7. The first kappa shape index (κ1) is 35.6. The van der Waals surface area contributed by atoms with Crippen molar-refractivity contribution in [2.75, 3.05) is 0 Å². The molecule has 62 heavy (non-hydrogen) atoms. The molecule has 0 saturated heterocycles. The molecule has 0 unspecified atom stereocenters. The van der Waals surface area contributed by atoms with E-state index in [1.54, 1.807) is 0 Å². The van der Waals surface area contributed by atoms with Gasteiger partial charge in [-0.2, -0.15) is 0 Å². The lowest BCUT2D eigenvalue weighted by Crippen LogP contribution is -1.97. The molecule has 290 valence electrons. The van der Waals surface area contributed by atoms with E-state index in [1.165, 1.54) is 49.2 Å². The maximum absolute atomic E-state index is 5.27. The van der Waals surface area contributed by atoms with E-state index in [0.717, 1.165) is 56.1 Å². The second kappa shape index (κ2) is 14.7. The minimum Gasteiger partial charge on any atom is -0.309 e. The molecule has 0 bridgehead atoms. The minimum absolute atomic E-state index is 0.692. The van der Waals surface area contributed by atoms with Gasteiger partial charge in [-0.1, -0.05) is 182 Å². The molecule has 9 aromatic carbocycles. The third kappa shape index (κ3) is 5.92. The minimum atomic E-state index is 0.692. The number of para-hydroxylation sites is 3.